The second-order valence-electron chi connectivity index (χ2n) is 6.24. The number of aromatic nitrogens is 2. The average molecular weight is 304 g/mol. The van der Waals surface area contributed by atoms with Crippen molar-refractivity contribution in [1.29, 1.82) is 0 Å². The van der Waals surface area contributed by atoms with Gasteiger partial charge in [-0.15, -0.1) is 11.3 Å². The van der Waals surface area contributed by atoms with Gasteiger partial charge in [0, 0.05) is 24.3 Å². The van der Waals surface area contributed by atoms with Gasteiger partial charge in [-0.2, -0.15) is 0 Å². The Labute approximate surface area is 127 Å². The summed E-state index contributed by atoms with van der Waals surface area (Å²) in [4.78, 5) is 18.3. The van der Waals surface area contributed by atoms with Gasteiger partial charge in [-0.1, -0.05) is 12.8 Å². The summed E-state index contributed by atoms with van der Waals surface area (Å²) in [7, 11) is 0. The van der Waals surface area contributed by atoms with E-state index in [1.807, 2.05) is 22.2 Å². The molecule has 1 saturated heterocycles. The Morgan fingerprint density at radius 2 is 2.52 bits per heavy atom. The topological polar surface area (TPSA) is 58.4 Å². The minimum Gasteiger partial charge on any atom is -0.350 e. The molecule has 1 amide bonds. The van der Waals surface area contributed by atoms with Crippen molar-refractivity contribution in [2.24, 2.45) is 11.3 Å². The first-order chi connectivity index (χ1) is 10.3. The van der Waals surface area contributed by atoms with Gasteiger partial charge in [-0.05, 0) is 25.3 Å². The monoisotopic (exact) mass is 304 g/mol. The van der Waals surface area contributed by atoms with Gasteiger partial charge in [-0.3, -0.25) is 9.20 Å². The first-order valence-electron chi connectivity index (χ1n) is 7.68. The second-order valence-corrected chi connectivity index (χ2v) is 7.11. The molecule has 6 heteroatoms. The molecular formula is C15H20N4OS. The summed E-state index contributed by atoms with van der Waals surface area (Å²) in [5.74, 6) is 0.727. The average Bonchev–Trinajstić information content (AvgIpc) is 3.18. The molecule has 3 heterocycles. The Morgan fingerprint density at radius 3 is 3.43 bits per heavy atom. The molecule has 5 nitrogen and oxygen atoms in total. The van der Waals surface area contributed by atoms with Crippen LogP contribution >= 0.6 is 11.3 Å². The van der Waals surface area contributed by atoms with E-state index in [0.717, 1.165) is 30.2 Å². The standard InChI is InChI=1S/C15H20N4OS/c20-13(15-4-2-1-3-11(15)7-16-10-15)17-8-12-9-19-5-6-21-14(19)18-12/h5-6,9,11,16H,1-4,7-8,10H2,(H,17,20)/t11-,15+/m0/s1. The van der Waals surface area contributed by atoms with Gasteiger partial charge in [0.1, 0.15) is 0 Å². The highest BCUT2D eigenvalue weighted by Crippen LogP contribution is 2.43. The lowest BCUT2D eigenvalue weighted by molar-refractivity contribution is -0.134. The molecule has 1 saturated carbocycles. The normalized spacial score (nSPS) is 28.7. The predicted octanol–water partition coefficient (Wildman–Crippen LogP) is 1.79. The Hall–Kier alpha value is -1.40. The zero-order chi connectivity index (χ0) is 14.3. The summed E-state index contributed by atoms with van der Waals surface area (Å²) >= 11 is 1.61. The molecule has 1 aliphatic heterocycles. The highest BCUT2D eigenvalue weighted by molar-refractivity contribution is 7.15. The van der Waals surface area contributed by atoms with Crippen LogP contribution in [0.4, 0.5) is 0 Å². The summed E-state index contributed by atoms with van der Waals surface area (Å²) in [5, 5.41) is 8.57. The minimum absolute atomic E-state index is 0.171. The van der Waals surface area contributed by atoms with E-state index < -0.39 is 0 Å². The van der Waals surface area contributed by atoms with E-state index in [1.165, 1.54) is 19.3 Å². The van der Waals surface area contributed by atoms with E-state index in [0.29, 0.717) is 12.5 Å². The van der Waals surface area contributed by atoms with Gasteiger partial charge in [-0.25, -0.2) is 4.98 Å². The number of carbonyl (C=O) groups excluding carboxylic acids is 1. The molecule has 0 aromatic carbocycles. The van der Waals surface area contributed by atoms with E-state index in [1.54, 1.807) is 11.3 Å². The number of hydrogen-bond acceptors (Lipinski definition) is 4. The van der Waals surface area contributed by atoms with Crippen molar-refractivity contribution in [3.63, 3.8) is 0 Å². The molecule has 2 aliphatic rings. The van der Waals surface area contributed by atoms with Crippen LogP contribution in [0.5, 0.6) is 0 Å². The molecule has 2 aromatic heterocycles. The van der Waals surface area contributed by atoms with Crippen LogP contribution in [0, 0.1) is 11.3 Å². The highest BCUT2D eigenvalue weighted by atomic mass is 32.1. The van der Waals surface area contributed by atoms with E-state index in [9.17, 15) is 4.79 Å². The van der Waals surface area contributed by atoms with Crippen LogP contribution < -0.4 is 10.6 Å². The summed E-state index contributed by atoms with van der Waals surface area (Å²) in [6.07, 6.45) is 8.63. The smallest absolute Gasteiger partial charge is 0.228 e. The lowest BCUT2D eigenvalue weighted by Crippen LogP contribution is -2.47. The summed E-state index contributed by atoms with van der Waals surface area (Å²) in [5.41, 5.74) is 0.764. The molecule has 0 radical (unpaired) electrons. The molecule has 0 bridgehead atoms. The van der Waals surface area contributed by atoms with Crippen molar-refractivity contribution in [3.05, 3.63) is 23.5 Å². The van der Waals surface area contributed by atoms with Gasteiger partial charge in [0.15, 0.2) is 4.96 Å². The Morgan fingerprint density at radius 1 is 1.57 bits per heavy atom. The highest BCUT2D eigenvalue weighted by Gasteiger charge is 2.49. The Kier molecular flexibility index (Phi) is 3.23. The second kappa shape index (κ2) is 5.10. The number of imidazole rings is 1. The number of fused-ring (bicyclic) bond motifs is 2. The number of carbonyl (C=O) groups is 1. The zero-order valence-corrected chi connectivity index (χ0v) is 12.8. The third-order valence-corrected chi connectivity index (χ3v) is 5.83. The van der Waals surface area contributed by atoms with Crippen LogP contribution in [0.3, 0.4) is 0 Å². The molecular weight excluding hydrogens is 284 g/mol. The maximum absolute atomic E-state index is 12.7. The Balaban J connectivity index is 1.46. The maximum atomic E-state index is 12.7. The molecule has 0 spiro atoms. The quantitative estimate of drug-likeness (QED) is 0.909. The molecule has 0 unspecified atom stereocenters. The van der Waals surface area contributed by atoms with Crippen molar-refractivity contribution in [1.82, 2.24) is 20.0 Å². The van der Waals surface area contributed by atoms with Gasteiger partial charge in [0.05, 0.1) is 17.7 Å². The first-order valence-corrected chi connectivity index (χ1v) is 8.56. The van der Waals surface area contributed by atoms with Gasteiger partial charge in [0.25, 0.3) is 0 Å². The van der Waals surface area contributed by atoms with Crippen molar-refractivity contribution < 1.29 is 4.79 Å². The van der Waals surface area contributed by atoms with Crippen LogP contribution in [-0.4, -0.2) is 28.4 Å². The van der Waals surface area contributed by atoms with Gasteiger partial charge < -0.3 is 10.6 Å². The van der Waals surface area contributed by atoms with E-state index in [2.05, 4.69) is 15.6 Å². The third-order valence-electron chi connectivity index (χ3n) is 5.06. The zero-order valence-electron chi connectivity index (χ0n) is 12.0. The van der Waals surface area contributed by atoms with Gasteiger partial charge >= 0.3 is 0 Å². The SMILES string of the molecule is O=C(NCc1cn2ccsc2n1)[C@@]12CCCC[C@H]1CNC2. The van der Waals surface area contributed by atoms with Crippen molar-refractivity contribution in [2.45, 2.75) is 32.2 Å². The summed E-state index contributed by atoms with van der Waals surface area (Å²) in [6, 6.07) is 0. The number of rotatable bonds is 3. The molecule has 2 aromatic rings. The number of hydrogen-bond donors (Lipinski definition) is 2. The molecule has 2 atom stereocenters. The maximum Gasteiger partial charge on any atom is 0.228 e. The van der Waals surface area contributed by atoms with Crippen LogP contribution in [-0.2, 0) is 11.3 Å². The summed E-state index contributed by atoms with van der Waals surface area (Å²) in [6.45, 7) is 2.36. The molecule has 112 valence electrons. The van der Waals surface area contributed by atoms with Crippen molar-refractivity contribution >= 4 is 22.2 Å². The molecule has 2 fully saturated rings. The number of thiazole rings is 1. The van der Waals surface area contributed by atoms with Crippen LogP contribution in [0.1, 0.15) is 31.4 Å². The van der Waals surface area contributed by atoms with Crippen molar-refractivity contribution in [2.75, 3.05) is 13.1 Å². The molecule has 1 aliphatic carbocycles. The fourth-order valence-corrected chi connectivity index (χ4v) is 4.62. The lowest BCUT2D eigenvalue weighted by atomic mass is 9.67. The number of nitrogens with one attached hydrogen (secondary N) is 2. The third kappa shape index (κ3) is 2.17. The van der Waals surface area contributed by atoms with E-state index >= 15 is 0 Å². The largest absolute Gasteiger partial charge is 0.350 e. The predicted molar refractivity (Wildman–Crippen MR) is 82.2 cm³/mol. The van der Waals surface area contributed by atoms with Crippen LogP contribution in [0.25, 0.3) is 4.96 Å². The lowest BCUT2D eigenvalue weighted by Gasteiger charge is -2.37. The fraction of sp³-hybridized carbons (Fsp3) is 0.600. The van der Waals surface area contributed by atoms with Crippen LogP contribution in [0.15, 0.2) is 17.8 Å². The van der Waals surface area contributed by atoms with Crippen LogP contribution in [0.2, 0.25) is 0 Å². The van der Waals surface area contributed by atoms with Gasteiger partial charge in [0.2, 0.25) is 5.91 Å². The number of amides is 1. The summed E-state index contributed by atoms with van der Waals surface area (Å²) < 4.78 is 2.00. The van der Waals surface area contributed by atoms with Crippen molar-refractivity contribution in [3.8, 4) is 0 Å². The molecule has 21 heavy (non-hydrogen) atoms. The molecule has 4 rings (SSSR count). The molecule has 2 N–H and O–H groups in total. The first kappa shape index (κ1) is 13.3. The van der Waals surface area contributed by atoms with E-state index in [-0.39, 0.29) is 11.3 Å². The van der Waals surface area contributed by atoms with E-state index in [4.69, 9.17) is 0 Å². The fourth-order valence-electron chi connectivity index (χ4n) is 3.90. The Bertz CT molecular complexity index is 635. The number of nitrogens with zero attached hydrogens (tertiary/aromatic N) is 2. The minimum atomic E-state index is -0.171.